The monoisotopic (exact) mass is 352 g/mol. The lowest BCUT2D eigenvalue weighted by Gasteiger charge is -2.21. The zero-order chi connectivity index (χ0) is 17.1. The summed E-state index contributed by atoms with van der Waals surface area (Å²) in [5.74, 6) is 1.08. The van der Waals surface area contributed by atoms with Crippen molar-refractivity contribution in [3.05, 3.63) is 29.8 Å². The highest BCUT2D eigenvalue weighted by molar-refractivity contribution is 6.70. The first kappa shape index (κ1) is 20.4. The van der Waals surface area contributed by atoms with E-state index < -0.39 is 8.32 Å². The van der Waals surface area contributed by atoms with Crippen molar-refractivity contribution in [2.45, 2.75) is 64.7 Å². The molecule has 0 amide bonds. The van der Waals surface area contributed by atoms with E-state index in [2.05, 4.69) is 43.9 Å². The van der Waals surface area contributed by atoms with E-state index in [4.69, 9.17) is 13.9 Å². The molecule has 23 heavy (non-hydrogen) atoms. The van der Waals surface area contributed by atoms with Gasteiger partial charge in [-0.15, -0.1) is 0 Å². The van der Waals surface area contributed by atoms with Gasteiger partial charge in [-0.05, 0) is 57.6 Å². The van der Waals surface area contributed by atoms with Crippen LogP contribution >= 0.6 is 0 Å². The van der Waals surface area contributed by atoms with Crippen LogP contribution in [0.15, 0.2) is 24.3 Å². The van der Waals surface area contributed by atoms with Gasteiger partial charge in [0.25, 0.3) is 0 Å². The van der Waals surface area contributed by atoms with Crippen molar-refractivity contribution in [3.63, 3.8) is 0 Å². The van der Waals surface area contributed by atoms with Crippen molar-refractivity contribution < 1.29 is 13.9 Å². The van der Waals surface area contributed by atoms with Crippen molar-refractivity contribution in [1.29, 1.82) is 0 Å². The van der Waals surface area contributed by atoms with E-state index >= 15 is 0 Å². The van der Waals surface area contributed by atoms with Crippen LogP contribution in [0.2, 0.25) is 31.7 Å². The predicted octanol–water partition coefficient (Wildman–Crippen LogP) is 4.77. The average molecular weight is 353 g/mol. The summed E-state index contributed by atoms with van der Waals surface area (Å²) in [6.45, 7) is 12.2. The Labute approximate surface area is 145 Å². The molecule has 0 aliphatic heterocycles. The number of hydrogen-bond acceptors (Lipinski definition) is 3. The Morgan fingerprint density at radius 1 is 1.04 bits per heavy atom. The third kappa shape index (κ3) is 9.30. The Balaban J connectivity index is 2.35. The molecule has 0 aliphatic carbocycles. The molecule has 0 saturated heterocycles. The SMILES string of the molecule is CCOC(C[Si]CCCc1ccccc1O[Si](C)(C)C)OCC. The highest BCUT2D eigenvalue weighted by Crippen LogP contribution is 2.23. The second-order valence-corrected chi connectivity index (χ2v) is 12.3. The summed E-state index contributed by atoms with van der Waals surface area (Å²) < 4.78 is 17.4. The molecule has 0 N–H and O–H groups in total. The number of ether oxygens (including phenoxy) is 2. The van der Waals surface area contributed by atoms with Crippen molar-refractivity contribution >= 4 is 17.8 Å². The van der Waals surface area contributed by atoms with Crippen molar-refractivity contribution in [1.82, 2.24) is 0 Å². The lowest BCUT2D eigenvalue weighted by atomic mass is 10.1. The van der Waals surface area contributed by atoms with Gasteiger partial charge in [-0.3, -0.25) is 0 Å². The second-order valence-electron chi connectivity index (χ2n) is 6.47. The number of hydrogen-bond donors (Lipinski definition) is 0. The van der Waals surface area contributed by atoms with Gasteiger partial charge in [-0.25, -0.2) is 0 Å². The molecule has 0 fully saturated rings. The van der Waals surface area contributed by atoms with E-state index in [1.807, 2.05) is 13.8 Å². The van der Waals surface area contributed by atoms with Gasteiger partial charge in [0.1, 0.15) is 5.75 Å². The van der Waals surface area contributed by atoms with Crippen molar-refractivity contribution in [2.24, 2.45) is 0 Å². The zero-order valence-electron chi connectivity index (χ0n) is 15.4. The molecule has 130 valence electrons. The van der Waals surface area contributed by atoms with E-state index in [0.29, 0.717) is 0 Å². The minimum Gasteiger partial charge on any atom is -0.544 e. The standard InChI is InChI=1S/C18H32O3Si2/c1-6-19-18(20-7-2)15-22-14-10-12-16-11-8-9-13-17(16)21-23(3,4)5/h8-9,11,13,18H,6-7,10,12,14-15H2,1-5H3. The van der Waals surface area contributed by atoms with E-state index in [9.17, 15) is 0 Å². The van der Waals surface area contributed by atoms with E-state index in [0.717, 1.165) is 40.9 Å². The molecule has 0 atom stereocenters. The van der Waals surface area contributed by atoms with Gasteiger partial charge in [-0.1, -0.05) is 30.7 Å². The number of para-hydroxylation sites is 1. The first-order valence-electron chi connectivity index (χ1n) is 8.67. The Bertz CT molecular complexity index is 427. The van der Waals surface area contributed by atoms with Gasteiger partial charge in [0.2, 0.25) is 8.32 Å². The van der Waals surface area contributed by atoms with Crippen LogP contribution in [-0.4, -0.2) is 37.3 Å². The maximum absolute atomic E-state index is 6.19. The first-order chi connectivity index (χ1) is 11.0. The Morgan fingerprint density at radius 2 is 1.70 bits per heavy atom. The molecular weight excluding hydrogens is 320 g/mol. The summed E-state index contributed by atoms with van der Waals surface area (Å²) in [7, 11) is -0.660. The smallest absolute Gasteiger partial charge is 0.242 e. The quantitative estimate of drug-likeness (QED) is 0.308. The molecular formula is C18H32O3Si2. The normalized spacial score (nSPS) is 11.9. The number of aryl methyl sites for hydroxylation is 1. The van der Waals surface area contributed by atoms with Crippen LogP contribution < -0.4 is 4.43 Å². The summed E-state index contributed by atoms with van der Waals surface area (Å²) in [6.07, 6.45) is 2.25. The molecule has 1 aromatic carbocycles. The summed E-state index contributed by atoms with van der Waals surface area (Å²) in [5, 5.41) is 0. The van der Waals surface area contributed by atoms with Crippen molar-refractivity contribution in [3.8, 4) is 5.75 Å². The van der Waals surface area contributed by atoms with Gasteiger partial charge >= 0.3 is 0 Å². The Morgan fingerprint density at radius 3 is 2.30 bits per heavy atom. The Kier molecular flexibility index (Phi) is 9.78. The maximum atomic E-state index is 6.19. The van der Waals surface area contributed by atoms with E-state index in [1.165, 1.54) is 18.0 Å². The lowest BCUT2D eigenvalue weighted by molar-refractivity contribution is -0.123. The predicted molar refractivity (Wildman–Crippen MR) is 101 cm³/mol. The van der Waals surface area contributed by atoms with Crippen LogP contribution in [0, 0.1) is 0 Å². The first-order valence-corrected chi connectivity index (χ1v) is 13.5. The summed E-state index contributed by atoms with van der Waals surface area (Å²) in [4.78, 5) is 0. The largest absolute Gasteiger partial charge is 0.544 e. The van der Waals surface area contributed by atoms with Gasteiger partial charge in [0, 0.05) is 22.7 Å². The van der Waals surface area contributed by atoms with Crippen LogP contribution in [0.4, 0.5) is 0 Å². The third-order valence-corrected chi connectivity index (χ3v) is 5.37. The van der Waals surface area contributed by atoms with Crippen LogP contribution in [0.3, 0.4) is 0 Å². The minimum absolute atomic E-state index is 0.0224. The molecule has 0 aliphatic rings. The van der Waals surface area contributed by atoms with E-state index in [-0.39, 0.29) is 6.29 Å². The molecule has 0 spiro atoms. The van der Waals surface area contributed by atoms with Crippen molar-refractivity contribution in [2.75, 3.05) is 13.2 Å². The maximum Gasteiger partial charge on any atom is 0.242 e. The summed E-state index contributed by atoms with van der Waals surface area (Å²) in [6, 6.07) is 10.7. The molecule has 1 rings (SSSR count). The van der Waals surface area contributed by atoms with Gasteiger partial charge < -0.3 is 13.9 Å². The molecule has 1 aromatic rings. The number of benzene rings is 1. The fourth-order valence-corrected chi connectivity index (χ4v) is 4.26. The second kappa shape index (κ2) is 11.0. The van der Waals surface area contributed by atoms with Gasteiger partial charge in [-0.2, -0.15) is 0 Å². The summed E-state index contributed by atoms with van der Waals surface area (Å²) in [5.41, 5.74) is 1.34. The zero-order valence-corrected chi connectivity index (χ0v) is 17.4. The molecule has 3 nitrogen and oxygen atoms in total. The Hall–Kier alpha value is -0.626. The molecule has 2 radical (unpaired) electrons. The molecule has 0 unspecified atom stereocenters. The van der Waals surface area contributed by atoms with Crippen LogP contribution in [0.5, 0.6) is 5.75 Å². The number of rotatable bonds is 12. The molecule has 5 heteroatoms. The topological polar surface area (TPSA) is 27.7 Å². The minimum atomic E-state index is -1.55. The molecule has 0 saturated carbocycles. The fourth-order valence-electron chi connectivity index (χ4n) is 2.30. The molecule has 0 aromatic heterocycles. The summed E-state index contributed by atoms with van der Waals surface area (Å²) >= 11 is 0. The lowest BCUT2D eigenvalue weighted by Crippen LogP contribution is -2.29. The average Bonchev–Trinajstić information content (AvgIpc) is 2.47. The highest BCUT2D eigenvalue weighted by atomic mass is 28.4. The van der Waals surface area contributed by atoms with E-state index in [1.54, 1.807) is 0 Å². The van der Waals surface area contributed by atoms with Gasteiger partial charge in [0.05, 0.1) is 0 Å². The van der Waals surface area contributed by atoms with Crippen LogP contribution in [0.25, 0.3) is 0 Å². The molecule has 0 heterocycles. The van der Waals surface area contributed by atoms with Crippen LogP contribution in [-0.2, 0) is 15.9 Å². The highest BCUT2D eigenvalue weighted by Gasteiger charge is 2.17. The third-order valence-electron chi connectivity index (χ3n) is 3.20. The fraction of sp³-hybridized carbons (Fsp3) is 0.667. The van der Waals surface area contributed by atoms with Crippen LogP contribution in [0.1, 0.15) is 25.8 Å². The molecule has 0 bridgehead atoms. The van der Waals surface area contributed by atoms with Gasteiger partial charge in [0.15, 0.2) is 6.29 Å².